The summed E-state index contributed by atoms with van der Waals surface area (Å²) in [4.78, 5) is 35.0. The second-order valence-electron chi connectivity index (χ2n) is 14.6. The molecule has 11 nitrogen and oxygen atoms in total. The Kier molecular flexibility index (Phi) is 11.8. The van der Waals surface area contributed by atoms with Crippen molar-refractivity contribution in [2.75, 3.05) is 39.3 Å². The molecule has 2 saturated heterocycles. The summed E-state index contributed by atoms with van der Waals surface area (Å²) >= 11 is 0. The number of aromatic carboxylic acids is 1. The first kappa shape index (κ1) is 37.7. The maximum absolute atomic E-state index is 13.0. The predicted octanol–water partition coefficient (Wildman–Crippen LogP) is 7.89. The Morgan fingerprint density at radius 1 is 0.709 bits per heavy atom. The molecule has 4 heterocycles. The zero-order chi connectivity index (χ0) is 38.3. The minimum Gasteiger partial charge on any atom is -0.477 e. The number of carbonyl (C=O) groups is 2. The molecule has 0 bridgehead atoms. The summed E-state index contributed by atoms with van der Waals surface area (Å²) < 4.78 is 12.0. The van der Waals surface area contributed by atoms with Crippen molar-refractivity contribution in [2.45, 2.75) is 51.7 Å². The number of hydrogen-bond acceptors (Lipinski definition) is 7. The van der Waals surface area contributed by atoms with Crippen molar-refractivity contribution in [1.82, 2.24) is 25.1 Å². The van der Waals surface area contributed by atoms with Crippen molar-refractivity contribution < 1.29 is 29.3 Å². The number of aryl methyl sites for hydroxylation is 2. The maximum atomic E-state index is 13.0. The van der Waals surface area contributed by atoms with E-state index >= 15 is 0 Å². The zero-order valence-electron chi connectivity index (χ0n) is 31.4. The van der Waals surface area contributed by atoms with E-state index in [0.29, 0.717) is 11.4 Å². The maximum Gasteiger partial charge on any atom is 0.352 e. The van der Waals surface area contributed by atoms with E-state index in [9.17, 15) is 14.7 Å². The topological polar surface area (TPSA) is 143 Å². The predicted molar refractivity (Wildman–Crippen MR) is 215 cm³/mol. The lowest BCUT2D eigenvalue weighted by atomic mass is 10.0. The number of ether oxygens (including phenoxy) is 2. The van der Waals surface area contributed by atoms with Gasteiger partial charge in [-0.2, -0.15) is 0 Å². The van der Waals surface area contributed by atoms with Gasteiger partial charge in [-0.3, -0.25) is 9.69 Å². The Morgan fingerprint density at radius 2 is 1.25 bits per heavy atom. The highest BCUT2D eigenvalue weighted by Gasteiger charge is 2.24. The molecule has 0 radical (unpaired) electrons. The second-order valence-corrected chi connectivity index (χ2v) is 14.6. The second kappa shape index (κ2) is 17.2. The van der Waals surface area contributed by atoms with Crippen molar-refractivity contribution in [3.63, 3.8) is 0 Å². The van der Waals surface area contributed by atoms with Crippen LogP contribution in [0.1, 0.15) is 57.8 Å². The number of carboxylic acids is 1. The number of amides is 1. The average molecular weight is 744 g/mol. The van der Waals surface area contributed by atoms with Crippen LogP contribution in [0.2, 0.25) is 0 Å². The number of fused-ring (bicyclic) bond motifs is 2. The van der Waals surface area contributed by atoms with Gasteiger partial charge in [0.15, 0.2) is 0 Å². The molecule has 55 heavy (non-hydrogen) atoms. The molecule has 0 spiro atoms. The van der Waals surface area contributed by atoms with Crippen LogP contribution >= 0.6 is 0 Å². The van der Waals surface area contributed by atoms with E-state index in [2.05, 4.69) is 25.1 Å². The largest absolute Gasteiger partial charge is 0.477 e. The molecule has 1 amide bonds. The van der Waals surface area contributed by atoms with Crippen LogP contribution in [0.15, 0.2) is 97.1 Å². The van der Waals surface area contributed by atoms with Crippen molar-refractivity contribution in [3.8, 4) is 23.0 Å². The van der Waals surface area contributed by atoms with E-state index in [1.165, 1.54) is 0 Å². The van der Waals surface area contributed by atoms with Gasteiger partial charge in [0.1, 0.15) is 34.4 Å². The molecule has 0 saturated carbocycles. The van der Waals surface area contributed by atoms with E-state index in [1.807, 2.05) is 105 Å². The number of nitrogens with zero attached hydrogens (tertiary/aromatic N) is 2. The normalized spacial score (nSPS) is 16.7. The number of likely N-dealkylation sites (tertiary alicyclic amines) is 2. The van der Waals surface area contributed by atoms with Crippen LogP contribution in [0.5, 0.6) is 23.0 Å². The number of rotatable bonds is 10. The van der Waals surface area contributed by atoms with Crippen LogP contribution < -0.4 is 14.8 Å². The fraction of sp³-hybridized carbons (Fsp3) is 0.318. The molecule has 8 rings (SSSR count). The average Bonchev–Trinajstić information content (AvgIpc) is 3.82. The Labute approximate surface area is 320 Å². The van der Waals surface area contributed by atoms with Gasteiger partial charge >= 0.3 is 5.97 Å². The highest BCUT2D eigenvalue weighted by molar-refractivity contribution is 6.00. The van der Waals surface area contributed by atoms with Crippen LogP contribution in [0.3, 0.4) is 0 Å². The van der Waals surface area contributed by atoms with Crippen LogP contribution in [0.25, 0.3) is 21.8 Å². The standard InChI is InChI=1S/C28H36N4O3.C16H13NO3/c1-20-5-2-7-23(17-20)35-27-9-3-8-25-24(27)18-26(30-25)28(34)29-21-10-13-31(14-11-21)15-16-32-12-4-6-22(33)19-32;1-10-4-2-5-11(8-10)20-15-7-3-6-13-12(15)9-14(17-13)16(18)19/h2-3,5,7-9,17-18,21-22,30,33H,4,6,10-16,19H2,1H3,(H,29,34);2-9,17H,1H3,(H,18,19). The molecular formula is C44H49N5O6. The van der Waals surface area contributed by atoms with Gasteiger partial charge in [0.05, 0.1) is 6.10 Å². The summed E-state index contributed by atoms with van der Waals surface area (Å²) in [7, 11) is 0. The first-order chi connectivity index (χ1) is 26.7. The number of carbonyl (C=O) groups excluding carboxylic acids is 1. The SMILES string of the molecule is Cc1cccc(Oc2cccc3[nH]c(C(=O)NC4CCN(CCN5CCCC(O)C5)CC4)cc23)c1.Cc1cccc(Oc2cccc3[nH]c(C(=O)O)cc23)c1. The van der Waals surface area contributed by atoms with Crippen LogP contribution in [0, 0.1) is 13.8 Å². The van der Waals surface area contributed by atoms with E-state index in [0.717, 1.165) is 115 Å². The monoisotopic (exact) mass is 743 g/mol. The summed E-state index contributed by atoms with van der Waals surface area (Å²) in [6.45, 7) is 9.93. The van der Waals surface area contributed by atoms with Gasteiger partial charge in [0.2, 0.25) is 0 Å². The number of benzene rings is 4. The van der Waals surface area contributed by atoms with E-state index in [-0.39, 0.29) is 23.7 Å². The number of aromatic amines is 2. The van der Waals surface area contributed by atoms with Gasteiger partial charge in [-0.1, -0.05) is 36.4 Å². The molecule has 1 unspecified atom stereocenters. The lowest BCUT2D eigenvalue weighted by molar-refractivity contribution is 0.0617. The zero-order valence-corrected chi connectivity index (χ0v) is 31.4. The number of nitrogens with one attached hydrogen (secondary N) is 3. The minimum atomic E-state index is -0.984. The van der Waals surface area contributed by atoms with Crippen molar-refractivity contribution in [1.29, 1.82) is 0 Å². The third-order valence-corrected chi connectivity index (χ3v) is 10.3. The smallest absolute Gasteiger partial charge is 0.352 e. The molecule has 11 heteroatoms. The Morgan fingerprint density at radius 3 is 1.82 bits per heavy atom. The molecular weight excluding hydrogens is 695 g/mol. The summed E-state index contributed by atoms with van der Waals surface area (Å²) in [5.41, 5.74) is 4.59. The van der Waals surface area contributed by atoms with Gasteiger partial charge in [-0.05, 0) is 118 Å². The summed E-state index contributed by atoms with van der Waals surface area (Å²) in [5.74, 6) is 1.84. The molecule has 0 aliphatic carbocycles. The van der Waals surface area contributed by atoms with Gasteiger partial charge in [0, 0.05) is 60.6 Å². The lowest BCUT2D eigenvalue weighted by Gasteiger charge is -2.35. The summed E-state index contributed by atoms with van der Waals surface area (Å²) in [5, 5.41) is 23.8. The number of H-pyrrole nitrogens is 2. The molecule has 6 aromatic rings. The fourth-order valence-electron chi connectivity index (χ4n) is 7.36. The molecule has 2 aliphatic heterocycles. The quantitative estimate of drug-likeness (QED) is 0.0954. The summed E-state index contributed by atoms with van der Waals surface area (Å²) in [6.07, 6.45) is 3.76. The Bertz CT molecular complexity index is 2250. The number of carboxylic acid groups (broad SMARTS) is 1. The van der Waals surface area contributed by atoms with Crippen LogP contribution in [-0.4, -0.2) is 93.3 Å². The number of piperidine rings is 2. The van der Waals surface area contributed by atoms with Gasteiger partial charge in [-0.25, -0.2) is 4.79 Å². The van der Waals surface area contributed by atoms with Crippen LogP contribution in [0.4, 0.5) is 0 Å². The van der Waals surface area contributed by atoms with Crippen molar-refractivity contribution >= 4 is 33.7 Å². The molecule has 286 valence electrons. The molecule has 5 N–H and O–H groups in total. The lowest BCUT2D eigenvalue weighted by Crippen LogP contribution is -2.47. The fourth-order valence-corrected chi connectivity index (χ4v) is 7.36. The number of hydrogen-bond donors (Lipinski definition) is 5. The van der Waals surface area contributed by atoms with Crippen molar-refractivity contribution in [2.24, 2.45) is 0 Å². The Hall–Kier alpha value is -5.62. The number of aliphatic hydroxyl groups excluding tert-OH is 1. The third kappa shape index (κ3) is 9.74. The number of aromatic nitrogens is 2. The first-order valence-electron chi connectivity index (χ1n) is 19.1. The molecule has 2 fully saturated rings. The molecule has 1 atom stereocenters. The first-order valence-corrected chi connectivity index (χ1v) is 19.1. The molecule has 2 aliphatic rings. The highest BCUT2D eigenvalue weighted by Crippen LogP contribution is 2.32. The molecule has 2 aromatic heterocycles. The van der Waals surface area contributed by atoms with Gasteiger partial charge in [-0.15, -0.1) is 0 Å². The number of aliphatic hydroxyl groups is 1. The number of β-amino-alcohol motifs (C(OH)–C–C–N with tert-alkyl or cyclic N) is 1. The molecule has 4 aromatic carbocycles. The third-order valence-electron chi connectivity index (χ3n) is 10.3. The van der Waals surface area contributed by atoms with E-state index in [1.54, 1.807) is 6.07 Å². The minimum absolute atomic E-state index is 0.0662. The van der Waals surface area contributed by atoms with Gasteiger partial charge < -0.3 is 39.9 Å². The van der Waals surface area contributed by atoms with E-state index in [4.69, 9.17) is 14.6 Å². The van der Waals surface area contributed by atoms with Gasteiger partial charge in [0.25, 0.3) is 5.91 Å². The summed E-state index contributed by atoms with van der Waals surface area (Å²) in [6, 6.07) is 30.6. The highest BCUT2D eigenvalue weighted by atomic mass is 16.5. The Balaban J connectivity index is 0.000000197. The van der Waals surface area contributed by atoms with Crippen LogP contribution in [-0.2, 0) is 0 Å². The van der Waals surface area contributed by atoms with Crippen molar-refractivity contribution in [3.05, 3.63) is 120 Å². The van der Waals surface area contributed by atoms with E-state index < -0.39 is 5.97 Å².